The number of aryl methyl sites for hydroxylation is 1. The molecule has 1 fully saturated rings. The number of piperidine rings is 1. The SMILES string of the molecule is CCn1ccnc(N2CCC(NC(=O)c3cc(Cl)c[nH]3)CC2)c1=O. The number of carbonyl (C=O) groups is 1. The first-order valence-electron chi connectivity index (χ1n) is 8.03. The molecule has 24 heavy (non-hydrogen) atoms. The molecule has 0 bridgehead atoms. The van der Waals surface area contributed by atoms with Crippen molar-refractivity contribution in [2.75, 3.05) is 18.0 Å². The van der Waals surface area contributed by atoms with Crippen molar-refractivity contribution in [1.29, 1.82) is 0 Å². The smallest absolute Gasteiger partial charge is 0.293 e. The summed E-state index contributed by atoms with van der Waals surface area (Å²) in [4.78, 5) is 33.5. The molecule has 1 aliphatic rings. The highest BCUT2D eigenvalue weighted by Gasteiger charge is 2.24. The Hall–Kier alpha value is -2.28. The molecule has 0 spiro atoms. The molecule has 0 radical (unpaired) electrons. The molecule has 0 aromatic carbocycles. The highest BCUT2D eigenvalue weighted by molar-refractivity contribution is 6.30. The number of halogens is 1. The second-order valence-corrected chi connectivity index (χ2v) is 6.24. The monoisotopic (exact) mass is 349 g/mol. The van der Waals surface area contributed by atoms with Gasteiger partial charge in [-0.15, -0.1) is 0 Å². The summed E-state index contributed by atoms with van der Waals surface area (Å²) in [6.07, 6.45) is 6.47. The van der Waals surface area contributed by atoms with Gasteiger partial charge in [0.1, 0.15) is 5.69 Å². The first kappa shape index (κ1) is 16.6. The minimum absolute atomic E-state index is 0.0662. The second kappa shape index (κ2) is 7.09. The van der Waals surface area contributed by atoms with E-state index in [2.05, 4.69) is 15.3 Å². The van der Waals surface area contributed by atoms with Gasteiger partial charge in [-0.1, -0.05) is 11.6 Å². The van der Waals surface area contributed by atoms with Crippen molar-refractivity contribution in [3.8, 4) is 0 Å². The normalized spacial score (nSPS) is 15.5. The van der Waals surface area contributed by atoms with E-state index >= 15 is 0 Å². The molecule has 3 heterocycles. The van der Waals surface area contributed by atoms with Crippen molar-refractivity contribution >= 4 is 23.3 Å². The van der Waals surface area contributed by atoms with E-state index in [0.717, 1.165) is 12.8 Å². The van der Waals surface area contributed by atoms with Crippen LogP contribution in [0, 0.1) is 0 Å². The minimum Gasteiger partial charge on any atom is -0.356 e. The van der Waals surface area contributed by atoms with Crippen LogP contribution in [0.25, 0.3) is 0 Å². The van der Waals surface area contributed by atoms with Crippen molar-refractivity contribution < 1.29 is 4.79 Å². The predicted molar refractivity (Wildman–Crippen MR) is 92.7 cm³/mol. The van der Waals surface area contributed by atoms with Crippen LogP contribution in [0.1, 0.15) is 30.3 Å². The second-order valence-electron chi connectivity index (χ2n) is 5.81. The molecule has 1 amide bonds. The average Bonchev–Trinajstić information content (AvgIpc) is 3.03. The summed E-state index contributed by atoms with van der Waals surface area (Å²) in [5.41, 5.74) is 0.390. The summed E-state index contributed by atoms with van der Waals surface area (Å²) in [5, 5.41) is 3.51. The van der Waals surface area contributed by atoms with Gasteiger partial charge in [0.2, 0.25) is 0 Å². The van der Waals surface area contributed by atoms with Gasteiger partial charge in [-0.2, -0.15) is 0 Å². The number of H-pyrrole nitrogens is 1. The molecule has 0 aliphatic carbocycles. The van der Waals surface area contributed by atoms with Crippen molar-refractivity contribution in [2.24, 2.45) is 0 Å². The lowest BCUT2D eigenvalue weighted by molar-refractivity contribution is 0.0926. The minimum atomic E-state index is -0.161. The fourth-order valence-corrected chi connectivity index (χ4v) is 3.06. The zero-order valence-electron chi connectivity index (χ0n) is 13.5. The number of aromatic amines is 1. The Bertz CT molecular complexity index is 777. The summed E-state index contributed by atoms with van der Waals surface area (Å²) in [6, 6.07) is 1.68. The Morgan fingerprint density at radius 1 is 1.46 bits per heavy atom. The van der Waals surface area contributed by atoms with Crippen LogP contribution in [0.5, 0.6) is 0 Å². The molecule has 7 nitrogen and oxygen atoms in total. The van der Waals surface area contributed by atoms with Gasteiger partial charge in [-0.3, -0.25) is 9.59 Å². The number of nitrogens with zero attached hydrogens (tertiary/aromatic N) is 3. The number of rotatable bonds is 4. The topological polar surface area (TPSA) is 83.0 Å². The molecule has 128 valence electrons. The van der Waals surface area contributed by atoms with E-state index in [1.807, 2.05) is 11.8 Å². The molecular weight excluding hydrogens is 330 g/mol. The number of carbonyl (C=O) groups excluding carboxylic acids is 1. The third-order valence-corrected chi connectivity index (χ3v) is 4.48. The van der Waals surface area contributed by atoms with Gasteiger partial charge in [-0.05, 0) is 25.8 Å². The molecule has 0 unspecified atom stereocenters. The van der Waals surface area contributed by atoms with Crippen molar-refractivity contribution in [2.45, 2.75) is 32.4 Å². The number of hydrogen-bond acceptors (Lipinski definition) is 4. The third kappa shape index (κ3) is 3.46. The van der Waals surface area contributed by atoms with Crippen LogP contribution < -0.4 is 15.8 Å². The lowest BCUT2D eigenvalue weighted by Crippen LogP contribution is -2.46. The molecule has 0 saturated carbocycles. The quantitative estimate of drug-likeness (QED) is 0.879. The van der Waals surface area contributed by atoms with E-state index in [0.29, 0.717) is 36.2 Å². The standard InChI is InChI=1S/C16H20ClN5O2/c1-2-21-8-5-18-14(16(21)24)22-6-3-12(4-7-22)20-15(23)13-9-11(17)10-19-13/h5,8-10,12,19H,2-4,6-7H2,1H3,(H,20,23). The Morgan fingerprint density at radius 2 is 2.21 bits per heavy atom. The maximum Gasteiger partial charge on any atom is 0.293 e. The van der Waals surface area contributed by atoms with Gasteiger partial charge < -0.3 is 19.8 Å². The molecular formula is C16H20ClN5O2. The van der Waals surface area contributed by atoms with Crippen molar-refractivity contribution in [3.63, 3.8) is 0 Å². The Balaban J connectivity index is 1.60. The van der Waals surface area contributed by atoms with Crippen LogP contribution in [0.4, 0.5) is 5.82 Å². The highest BCUT2D eigenvalue weighted by Crippen LogP contribution is 2.16. The van der Waals surface area contributed by atoms with Gasteiger partial charge in [0.15, 0.2) is 5.82 Å². The van der Waals surface area contributed by atoms with E-state index in [9.17, 15) is 9.59 Å². The van der Waals surface area contributed by atoms with Crippen molar-refractivity contribution in [3.05, 3.63) is 45.7 Å². The van der Waals surface area contributed by atoms with Gasteiger partial charge in [0, 0.05) is 44.3 Å². The maximum atomic E-state index is 12.3. The first-order chi connectivity index (χ1) is 11.6. The molecule has 2 aromatic rings. The van der Waals surface area contributed by atoms with E-state index in [1.54, 1.807) is 29.2 Å². The van der Waals surface area contributed by atoms with E-state index in [4.69, 9.17) is 11.6 Å². The number of amides is 1. The number of hydrogen-bond donors (Lipinski definition) is 2. The summed E-state index contributed by atoms with van der Waals surface area (Å²) >= 11 is 5.82. The number of aromatic nitrogens is 3. The summed E-state index contributed by atoms with van der Waals surface area (Å²) in [5.74, 6) is 0.326. The molecule has 3 rings (SSSR count). The lowest BCUT2D eigenvalue weighted by atomic mass is 10.0. The number of anilines is 1. The van der Waals surface area contributed by atoms with E-state index in [1.165, 1.54) is 0 Å². The van der Waals surface area contributed by atoms with Gasteiger partial charge in [0.05, 0.1) is 5.02 Å². The van der Waals surface area contributed by atoms with Crippen molar-refractivity contribution in [1.82, 2.24) is 19.9 Å². The van der Waals surface area contributed by atoms with Crippen LogP contribution >= 0.6 is 11.6 Å². The molecule has 2 N–H and O–H groups in total. The first-order valence-corrected chi connectivity index (χ1v) is 8.41. The van der Waals surface area contributed by atoms with E-state index < -0.39 is 0 Å². The Kier molecular flexibility index (Phi) is 4.89. The summed E-state index contributed by atoms with van der Waals surface area (Å²) in [6.45, 7) is 3.93. The molecule has 1 aliphatic heterocycles. The Labute approximate surface area is 144 Å². The van der Waals surface area contributed by atoms with E-state index in [-0.39, 0.29) is 17.5 Å². The summed E-state index contributed by atoms with van der Waals surface area (Å²) in [7, 11) is 0. The largest absolute Gasteiger partial charge is 0.356 e. The van der Waals surface area contributed by atoms with Crippen LogP contribution in [0.15, 0.2) is 29.5 Å². The molecule has 2 aromatic heterocycles. The average molecular weight is 350 g/mol. The lowest BCUT2D eigenvalue weighted by Gasteiger charge is -2.32. The molecule has 0 atom stereocenters. The van der Waals surface area contributed by atoms with Crippen LogP contribution in [-0.4, -0.2) is 39.6 Å². The van der Waals surface area contributed by atoms with Crippen LogP contribution in [0.2, 0.25) is 5.02 Å². The fourth-order valence-electron chi connectivity index (χ4n) is 2.90. The van der Waals surface area contributed by atoms with Crippen LogP contribution in [-0.2, 0) is 6.54 Å². The summed E-state index contributed by atoms with van der Waals surface area (Å²) < 4.78 is 1.64. The maximum absolute atomic E-state index is 12.3. The fraction of sp³-hybridized carbons (Fsp3) is 0.438. The highest BCUT2D eigenvalue weighted by atomic mass is 35.5. The third-order valence-electron chi connectivity index (χ3n) is 4.26. The molecule has 1 saturated heterocycles. The van der Waals surface area contributed by atoms with Crippen LogP contribution in [0.3, 0.4) is 0 Å². The number of nitrogens with one attached hydrogen (secondary N) is 2. The zero-order chi connectivity index (χ0) is 17.1. The van der Waals surface area contributed by atoms with Gasteiger partial charge in [0.25, 0.3) is 11.5 Å². The Morgan fingerprint density at radius 3 is 2.83 bits per heavy atom. The zero-order valence-corrected chi connectivity index (χ0v) is 14.2. The van der Waals surface area contributed by atoms with Gasteiger partial charge in [-0.25, -0.2) is 4.98 Å². The predicted octanol–water partition coefficient (Wildman–Crippen LogP) is 1.64. The molecule has 8 heteroatoms. The van der Waals surface area contributed by atoms with Gasteiger partial charge >= 0.3 is 0 Å².